The van der Waals surface area contributed by atoms with Gasteiger partial charge in [0.05, 0.1) is 19.2 Å². The zero-order chi connectivity index (χ0) is 40.6. The lowest BCUT2D eigenvalue weighted by Gasteiger charge is -2.34. The third-order valence-corrected chi connectivity index (χ3v) is 11.2. The third kappa shape index (κ3) is 13.1. The summed E-state index contributed by atoms with van der Waals surface area (Å²) in [5.74, 6) is -4.62. The maximum atomic E-state index is 14.5. The predicted octanol–water partition coefficient (Wildman–Crippen LogP) is 4.13. The van der Waals surface area contributed by atoms with Crippen LogP contribution in [0.3, 0.4) is 0 Å². The number of rotatable bonds is 19. The monoisotopic (exact) mass is 793 g/mol. The van der Waals surface area contributed by atoms with Gasteiger partial charge in [-0.1, -0.05) is 107 Å². The van der Waals surface area contributed by atoms with Crippen LogP contribution in [-0.2, 0) is 39.3 Å². The number of ether oxygens (including phenoxy) is 1. The van der Waals surface area contributed by atoms with E-state index in [1.54, 1.807) is 36.9 Å². The molecule has 14 nitrogen and oxygen atoms in total. The Morgan fingerprint density at radius 1 is 0.893 bits per heavy atom. The highest BCUT2D eigenvalue weighted by Gasteiger charge is 2.45. The number of ketones is 1. The Labute approximate surface area is 332 Å². The first kappa shape index (κ1) is 43.8. The molecule has 2 fully saturated rings. The molecule has 56 heavy (non-hydrogen) atoms. The van der Waals surface area contributed by atoms with Crippen LogP contribution < -0.4 is 21.3 Å². The van der Waals surface area contributed by atoms with E-state index in [4.69, 9.17) is 4.74 Å². The Hall–Kier alpha value is -4.92. The second-order valence-corrected chi connectivity index (χ2v) is 16.1. The number of amides is 5. The van der Waals surface area contributed by atoms with Gasteiger partial charge in [-0.15, -0.1) is 0 Å². The van der Waals surface area contributed by atoms with E-state index in [9.17, 15) is 38.7 Å². The van der Waals surface area contributed by atoms with Crippen LogP contribution in [0.2, 0.25) is 0 Å². The molecule has 2 aromatic rings. The maximum absolute atomic E-state index is 14.5. The zero-order valence-electron chi connectivity index (χ0n) is 32.4. The summed E-state index contributed by atoms with van der Waals surface area (Å²) in [4.78, 5) is 94.0. The molecule has 2 aromatic carbocycles. The number of carboxylic acid groups (broad SMARTS) is 1. The summed E-state index contributed by atoms with van der Waals surface area (Å²) in [5, 5.41) is 19.6. The fraction of sp³-hybridized carbons (Fsp3) is 0.537. The molecule has 5 unspecified atom stereocenters. The first-order valence-corrected chi connectivity index (χ1v) is 20.5. The van der Waals surface area contributed by atoms with Gasteiger partial charge in [0.15, 0.2) is 6.04 Å². The number of carbonyl (C=O) groups excluding carboxylic acids is 6. The minimum Gasteiger partial charge on any atom is -0.479 e. The zero-order valence-corrected chi connectivity index (χ0v) is 33.2. The van der Waals surface area contributed by atoms with Crippen molar-refractivity contribution in [1.29, 1.82) is 0 Å². The van der Waals surface area contributed by atoms with Crippen molar-refractivity contribution in [2.75, 3.05) is 19.7 Å². The normalized spacial score (nSPS) is 18.6. The Bertz CT molecular complexity index is 1650. The Morgan fingerprint density at radius 2 is 1.55 bits per heavy atom. The molecular formula is C41H55N5O9S. The van der Waals surface area contributed by atoms with E-state index < -0.39 is 72.2 Å². The van der Waals surface area contributed by atoms with E-state index in [0.29, 0.717) is 17.7 Å². The van der Waals surface area contributed by atoms with Gasteiger partial charge in [-0.05, 0) is 48.6 Å². The molecular weight excluding hydrogens is 739 g/mol. The molecule has 1 aliphatic heterocycles. The SMILES string of the molecule is CCCC(NC(=O)C1CC(SCc2ccccc2)CN1C(=O)C(NC(=O)OCC(C)C)C1CCCCC1)C(=O)C(=O)NCC(=O)NC(C(=O)O)c1ccccc1. The minimum atomic E-state index is -1.37. The van der Waals surface area contributed by atoms with Crippen molar-refractivity contribution >= 4 is 53.2 Å². The van der Waals surface area contributed by atoms with Crippen LogP contribution in [0.25, 0.3) is 0 Å². The lowest BCUT2D eigenvalue weighted by Crippen LogP contribution is -2.58. The maximum Gasteiger partial charge on any atom is 0.407 e. The number of thioether (sulfide) groups is 1. The molecule has 5 amide bonds. The van der Waals surface area contributed by atoms with Crippen molar-refractivity contribution in [2.24, 2.45) is 11.8 Å². The minimum absolute atomic E-state index is 0.0978. The number of hydrogen-bond donors (Lipinski definition) is 5. The van der Waals surface area contributed by atoms with Crippen LogP contribution in [0.1, 0.15) is 89.3 Å². The van der Waals surface area contributed by atoms with E-state index in [-0.39, 0.29) is 43.1 Å². The summed E-state index contributed by atoms with van der Waals surface area (Å²) in [6.07, 6.45) is 4.46. The number of nitrogens with zero attached hydrogens (tertiary/aromatic N) is 1. The average molecular weight is 794 g/mol. The molecule has 0 radical (unpaired) electrons. The topological polar surface area (TPSA) is 200 Å². The van der Waals surface area contributed by atoms with Gasteiger partial charge in [-0.2, -0.15) is 11.8 Å². The second kappa shape index (κ2) is 22.0. The number of alkyl carbamates (subject to hydrolysis) is 1. The number of carboxylic acids is 1. The molecule has 1 aliphatic carbocycles. The van der Waals surface area contributed by atoms with Crippen molar-refractivity contribution < 1.29 is 43.4 Å². The van der Waals surface area contributed by atoms with Crippen LogP contribution in [0, 0.1) is 11.8 Å². The molecule has 1 saturated heterocycles. The molecule has 1 saturated carbocycles. The largest absolute Gasteiger partial charge is 0.479 e. The molecule has 2 aliphatic rings. The Kier molecular flexibility index (Phi) is 17.2. The fourth-order valence-corrected chi connectivity index (χ4v) is 8.22. The quantitative estimate of drug-likeness (QED) is 0.129. The highest BCUT2D eigenvalue weighted by molar-refractivity contribution is 7.99. The summed E-state index contributed by atoms with van der Waals surface area (Å²) in [6, 6.07) is 13.3. The number of likely N-dealkylation sites (tertiary alicyclic amines) is 1. The van der Waals surface area contributed by atoms with Crippen molar-refractivity contribution in [3.63, 3.8) is 0 Å². The number of nitrogens with one attached hydrogen (secondary N) is 4. The van der Waals surface area contributed by atoms with Crippen molar-refractivity contribution in [3.8, 4) is 0 Å². The molecule has 0 aromatic heterocycles. The van der Waals surface area contributed by atoms with Crippen molar-refractivity contribution in [2.45, 2.75) is 107 Å². The van der Waals surface area contributed by atoms with E-state index >= 15 is 0 Å². The smallest absolute Gasteiger partial charge is 0.407 e. The first-order valence-electron chi connectivity index (χ1n) is 19.5. The Morgan fingerprint density at radius 3 is 2.18 bits per heavy atom. The van der Waals surface area contributed by atoms with E-state index in [2.05, 4.69) is 21.3 Å². The molecule has 5 atom stereocenters. The molecule has 0 bridgehead atoms. The summed E-state index contributed by atoms with van der Waals surface area (Å²) < 4.78 is 5.40. The number of hydrogen-bond acceptors (Lipinski definition) is 9. The van der Waals surface area contributed by atoms with Gasteiger partial charge in [0.25, 0.3) is 5.91 Å². The Balaban J connectivity index is 1.48. The summed E-state index contributed by atoms with van der Waals surface area (Å²) in [6.45, 7) is 5.37. The van der Waals surface area contributed by atoms with Crippen molar-refractivity contribution in [1.82, 2.24) is 26.2 Å². The van der Waals surface area contributed by atoms with Gasteiger partial charge < -0.3 is 36.0 Å². The first-order chi connectivity index (χ1) is 26.9. The van der Waals surface area contributed by atoms with Gasteiger partial charge in [0.2, 0.25) is 23.5 Å². The van der Waals surface area contributed by atoms with Gasteiger partial charge in [0.1, 0.15) is 12.1 Å². The molecule has 1 heterocycles. The standard InChI is InChI=1S/C41H55N5O9S/c1-4-14-31(36(48)38(50)42-22-33(47)44-35(40(52)53)29-19-12-7-13-20-29)43-37(49)32-21-30(56-25-27-15-8-5-9-16-27)23-46(32)39(51)34(28-17-10-6-11-18-28)45-41(54)55-24-26(2)3/h5,7-9,12-13,15-16,19-20,26,28,30-32,34-35H,4,6,10-11,14,17-18,21-25H2,1-3H3,(H,42,50)(H,43,49)(H,44,47)(H,45,54)(H,52,53). The van der Waals surface area contributed by atoms with E-state index in [1.807, 2.05) is 44.2 Å². The summed E-state index contributed by atoms with van der Waals surface area (Å²) in [7, 11) is 0. The van der Waals surface area contributed by atoms with E-state index in [1.165, 1.54) is 17.0 Å². The number of aliphatic carboxylic acids is 1. The lowest BCUT2D eigenvalue weighted by molar-refractivity contribution is -0.144. The van der Waals surface area contributed by atoms with Crippen molar-refractivity contribution in [3.05, 3.63) is 71.8 Å². The number of Topliss-reactive ketones (excluding diaryl/α,β-unsaturated/α-hetero) is 1. The highest BCUT2D eigenvalue weighted by Crippen LogP contribution is 2.33. The highest BCUT2D eigenvalue weighted by atomic mass is 32.2. The summed E-state index contributed by atoms with van der Waals surface area (Å²) in [5.41, 5.74) is 1.42. The fourth-order valence-electron chi connectivity index (χ4n) is 7.01. The molecule has 5 N–H and O–H groups in total. The third-order valence-electron chi connectivity index (χ3n) is 9.91. The second-order valence-electron chi connectivity index (χ2n) is 14.8. The van der Waals surface area contributed by atoms with Gasteiger partial charge in [0, 0.05) is 17.5 Å². The van der Waals surface area contributed by atoms with Crippen LogP contribution in [0.15, 0.2) is 60.7 Å². The van der Waals surface area contributed by atoms with Crippen LogP contribution in [0.4, 0.5) is 4.79 Å². The van der Waals surface area contributed by atoms with Gasteiger partial charge in [-0.25, -0.2) is 9.59 Å². The van der Waals surface area contributed by atoms with Crippen LogP contribution >= 0.6 is 11.8 Å². The van der Waals surface area contributed by atoms with Gasteiger partial charge in [-0.3, -0.25) is 24.0 Å². The number of carbonyl (C=O) groups is 7. The number of benzene rings is 2. The van der Waals surface area contributed by atoms with Gasteiger partial charge >= 0.3 is 12.1 Å². The van der Waals surface area contributed by atoms with E-state index in [0.717, 1.165) is 37.7 Å². The molecule has 4 rings (SSSR count). The predicted molar refractivity (Wildman–Crippen MR) is 211 cm³/mol. The molecule has 304 valence electrons. The molecule has 0 spiro atoms. The average Bonchev–Trinajstić information content (AvgIpc) is 3.64. The summed E-state index contributed by atoms with van der Waals surface area (Å²) >= 11 is 1.61. The molecule has 15 heteroatoms. The van der Waals surface area contributed by atoms with Crippen LogP contribution in [-0.4, -0.2) is 94.6 Å². The van der Waals surface area contributed by atoms with Crippen LogP contribution in [0.5, 0.6) is 0 Å². The lowest BCUT2D eigenvalue weighted by atomic mass is 9.83.